The molecule has 0 radical (unpaired) electrons. The molecule has 18 heavy (non-hydrogen) atoms. The van der Waals surface area contributed by atoms with Crippen molar-refractivity contribution in [2.75, 3.05) is 23.7 Å². The first-order valence-electron chi connectivity index (χ1n) is 6.08. The van der Waals surface area contributed by atoms with E-state index in [2.05, 4.69) is 25.7 Å². The van der Waals surface area contributed by atoms with Crippen molar-refractivity contribution in [3.05, 3.63) is 30.2 Å². The Balaban J connectivity index is 1.84. The average Bonchev–Trinajstić information content (AvgIpc) is 2.76. The molecule has 0 amide bonds. The van der Waals surface area contributed by atoms with Gasteiger partial charge in [-0.15, -0.1) is 0 Å². The zero-order valence-electron chi connectivity index (χ0n) is 10.7. The van der Waals surface area contributed by atoms with Crippen molar-refractivity contribution in [2.24, 2.45) is 0 Å². The van der Waals surface area contributed by atoms with Crippen molar-refractivity contribution in [3.8, 4) is 0 Å². The molecule has 2 rings (SSSR count). The van der Waals surface area contributed by atoms with Crippen LogP contribution in [0.5, 0.6) is 0 Å². The molecule has 2 N–H and O–H groups in total. The van der Waals surface area contributed by atoms with E-state index >= 15 is 0 Å². The third-order valence-electron chi connectivity index (χ3n) is 2.40. The van der Waals surface area contributed by atoms with E-state index in [1.807, 2.05) is 37.0 Å². The highest BCUT2D eigenvalue weighted by atomic mass is 15.3. The van der Waals surface area contributed by atoms with Crippen LogP contribution in [0.3, 0.4) is 0 Å². The van der Waals surface area contributed by atoms with Gasteiger partial charge in [0.2, 0.25) is 5.95 Å². The van der Waals surface area contributed by atoms with Gasteiger partial charge in [0.1, 0.15) is 5.82 Å². The molecule has 2 heterocycles. The predicted molar refractivity (Wildman–Crippen MR) is 71.6 cm³/mol. The summed E-state index contributed by atoms with van der Waals surface area (Å²) in [6.07, 6.45) is 5.62. The van der Waals surface area contributed by atoms with E-state index in [1.165, 1.54) is 5.56 Å². The number of nitrogens with zero attached hydrogens (tertiary/aromatic N) is 4. The first-order valence-corrected chi connectivity index (χ1v) is 6.08. The maximum atomic E-state index is 4.34. The summed E-state index contributed by atoms with van der Waals surface area (Å²) < 4.78 is 1.91. The summed E-state index contributed by atoms with van der Waals surface area (Å²) in [4.78, 5) is 8.45. The lowest BCUT2D eigenvalue weighted by atomic mass is 10.4. The first-order chi connectivity index (χ1) is 8.78. The Bertz CT molecular complexity index is 493. The topological polar surface area (TPSA) is 67.7 Å². The quantitative estimate of drug-likeness (QED) is 0.809. The zero-order valence-corrected chi connectivity index (χ0v) is 10.7. The van der Waals surface area contributed by atoms with Gasteiger partial charge in [0.05, 0.1) is 12.7 Å². The van der Waals surface area contributed by atoms with Crippen LogP contribution < -0.4 is 10.6 Å². The highest BCUT2D eigenvalue weighted by Crippen LogP contribution is 2.05. The Hall–Kier alpha value is -2.11. The van der Waals surface area contributed by atoms with Crippen LogP contribution in [0, 0.1) is 6.92 Å². The molecule has 0 saturated carbocycles. The molecule has 0 aliphatic rings. The number of anilines is 2. The monoisotopic (exact) mass is 246 g/mol. The second-order valence-corrected chi connectivity index (χ2v) is 4.00. The number of aryl methyl sites for hydroxylation is 1. The number of nitrogens with one attached hydrogen (secondary N) is 2. The molecular formula is C12H18N6. The summed E-state index contributed by atoms with van der Waals surface area (Å²) in [5, 5.41) is 10.6. The normalized spacial score (nSPS) is 10.3. The summed E-state index contributed by atoms with van der Waals surface area (Å²) in [7, 11) is 0. The van der Waals surface area contributed by atoms with Gasteiger partial charge < -0.3 is 10.6 Å². The molecule has 6 heteroatoms. The highest BCUT2D eigenvalue weighted by molar-refractivity contribution is 5.39. The first kappa shape index (κ1) is 12.3. The lowest BCUT2D eigenvalue weighted by Gasteiger charge is -2.07. The van der Waals surface area contributed by atoms with Crippen molar-refractivity contribution in [3.63, 3.8) is 0 Å². The van der Waals surface area contributed by atoms with Gasteiger partial charge in [-0.1, -0.05) is 0 Å². The molecule has 0 bridgehead atoms. The lowest BCUT2D eigenvalue weighted by molar-refractivity contribution is 0.636. The fourth-order valence-electron chi connectivity index (χ4n) is 1.59. The predicted octanol–water partition coefficient (Wildman–Crippen LogP) is 1.53. The smallest absolute Gasteiger partial charge is 0.224 e. The molecule has 0 aromatic carbocycles. The molecule has 0 aliphatic carbocycles. The molecule has 0 unspecified atom stereocenters. The molecule has 6 nitrogen and oxygen atoms in total. The maximum Gasteiger partial charge on any atom is 0.224 e. The lowest BCUT2D eigenvalue weighted by Crippen LogP contribution is -2.12. The molecule has 0 saturated heterocycles. The van der Waals surface area contributed by atoms with Crippen LogP contribution in [0.25, 0.3) is 0 Å². The molecule has 0 spiro atoms. The zero-order chi connectivity index (χ0) is 12.8. The Morgan fingerprint density at radius 3 is 2.94 bits per heavy atom. The van der Waals surface area contributed by atoms with Crippen LogP contribution in [0.2, 0.25) is 0 Å². The number of hydrogen-bond donors (Lipinski definition) is 2. The van der Waals surface area contributed by atoms with Crippen LogP contribution in [-0.2, 0) is 6.54 Å². The molecule has 96 valence electrons. The van der Waals surface area contributed by atoms with Gasteiger partial charge in [-0.3, -0.25) is 4.68 Å². The summed E-state index contributed by atoms with van der Waals surface area (Å²) in [5.41, 5.74) is 1.17. The van der Waals surface area contributed by atoms with Crippen LogP contribution >= 0.6 is 0 Å². The van der Waals surface area contributed by atoms with Gasteiger partial charge in [-0.05, 0) is 25.5 Å². The summed E-state index contributed by atoms with van der Waals surface area (Å²) in [5.74, 6) is 1.47. The maximum absolute atomic E-state index is 4.34. The molecular weight excluding hydrogens is 228 g/mol. The van der Waals surface area contributed by atoms with Crippen molar-refractivity contribution < 1.29 is 0 Å². The molecule has 0 atom stereocenters. The van der Waals surface area contributed by atoms with Crippen LogP contribution in [0.1, 0.15) is 12.5 Å². The van der Waals surface area contributed by atoms with Crippen LogP contribution in [-0.4, -0.2) is 32.8 Å². The standard InChI is InChI=1S/C12H18N6/c1-3-13-12-15-5-4-11(17-12)14-6-7-18-9-10(2)8-16-18/h4-5,8-9H,3,6-7H2,1-2H3,(H2,13,14,15,17). The van der Waals surface area contributed by atoms with E-state index in [0.29, 0.717) is 5.95 Å². The molecule has 0 aliphatic heterocycles. The second-order valence-electron chi connectivity index (χ2n) is 4.00. The minimum atomic E-state index is 0.650. The van der Waals surface area contributed by atoms with Crippen molar-refractivity contribution in [1.29, 1.82) is 0 Å². The van der Waals surface area contributed by atoms with Crippen molar-refractivity contribution in [1.82, 2.24) is 19.7 Å². The minimum absolute atomic E-state index is 0.650. The van der Waals surface area contributed by atoms with E-state index in [-0.39, 0.29) is 0 Å². The van der Waals surface area contributed by atoms with Gasteiger partial charge in [0.25, 0.3) is 0 Å². The van der Waals surface area contributed by atoms with E-state index in [0.717, 1.165) is 25.5 Å². The van der Waals surface area contributed by atoms with E-state index in [9.17, 15) is 0 Å². The Kier molecular flexibility index (Phi) is 4.11. The Morgan fingerprint density at radius 2 is 2.22 bits per heavy atom. The number of aromatic nitrogens is 4. The van der Waals surface area contributed by atoms with Crippen molar-refractivity contribution in [2.45, 2.75) is 20.4 Å². The van der Waals surface area contributed by atoms with Gasteiger partial charge in [0.15, 0.2) is 0 Å². The fraction of sp³-hybridized carbons (Fsp3) is 0.417. The summed E-state index contributed by atoms with van der Waals surface area (Å²) >= 11 is 0. The number of rotatable bonds is 6. The third kappa shape index (κ3) is 3.44. The highest BCUT2D eigenvalue weighted by Gasteiger charge is 1.98. The van der Waals surface area contributed by atoms with Gasteiger partial charge in [-0.2, -0.15) is 10.1 Å². The van der Waals surface area contributed by atoms with Gasteiger partial charge >= 0.3 is 0 Å². The van der Waals surface area contributed by atoms with Crippen molar-refractivity contribution >= 4 is 11.8 Å². The summed E-state index contributed by atoms with van der Waals surface area (Å²) in [6.45, 7) is 6.46. The third-order valence-corrected chi connectivity index (χ3v) is 2.40. The van der Waals surface area contributed by atoms with Gasteiger partial charge in [0, 0.05) is 25.5 Å². The fourth-order valence-corrected chi connectivity index (χ4v) is 1.59. The molecule has 0 fully saturated rings. The summed E-state index contributed by atoms with van der Waals surface area (Å²) in [6, 6.07) is 1.86. The minimum Gasteiger partial charge on any atom is -0.368 e. The largest absolute Gasteiger partial charge is 0.368 e. The molecule has 2 aromatic rings. The average molecular weight is 246 g/mol. The SMILES string of the molecule is CCNc1nccc(NCCn2cc(C)cn2)n1. The van der Waals surface area contributed by atoms with E-state index in [1.54, 1.807) is 6.20 Å². The van der Waals surface area contributed by atoms with Gasteiger partial charge in [-0.25, -0.2) is 4.98 Å². The van der Waals surface area contributed by atoms with Crippen LogP contribution in [0.15, 0.2) is 24.7 Å². The van der Waals surface area contributed by atoms with E-state index in [4.69, 9.17) is 0 Å². The number of hydrogen-bond acceptors (Lipinski definition) is 5. The Labute approximate surface area is 106 Å². The van der Waals surface area contributed by atoms with E-state index < -0.39 is 0 Å². The molecule has 2 aromatic heterocycles. The Morgan fingerprint density at radius 1 is 1.33 bits per heavy atom. The second kappa shape index (κ2) is 6.00. The van der Waals surface area contributed by atoms with Crippen LogP contribution in [0.4, 0.5) is 11.8 Å².